The van der Waals surface area contributed by atoms with E-state index in [1.54, 1.807) is 24.3 Å². The number of esters is 1. The Kier molecular flexibility index (Phi) is 8.49. The minimum atomic E-state index is -0.442. The van der Waals surface area contributed by atoms with Crippen molar-refractivity contribution >= 4 is 23.5 Å². The Bertz CT molecular complexity index is 555. The Morgan fingerprint density at radius 3 is 2.29 bits per heavy atom. The highest BCUT2D eigenvalue weighted by Gasteiger charge is 2.10. The molecule has 1 aromatic rings. The Morgan fingerprint density at radius 2 is 1.71 bits per heavy atom. The van der Waals surface area contributed by atoms with E-state index in [1.165, 1.54) is 7.11 Å². The number of hydrogen-bond acceptors (Lipinski definition) is 5. The number of ether oxygens (including phenoxy) is 2. The number of carbonyl (C=O) groups is 3. The van der Waals surface area contributed by atoms with Crippen molar-refractivity contribution in [3.63, 3.8) is 0 Å². The summed E-state index contributed by atoms with van der Waals surface area (Å²) in [5.74, 6) is -0.900. The third-order valence-corrected chi connectivity index (χ3v) is 2.96. The zero-order valence-corrected chi connectivity index (χ0v) is 14.3. The van der Waals surface area contributed by atoms with Crippen LogP contribution in [0.4, 0.5) is 5.69 Å². The minimum absolute atomic E-state index is 0.00439. The second-order valence-corrected chi connectivity index (χ2v) is 5.47. The van der Waals surface area contributed by atoms with Gasteiger partial charge in [0.05, 0.1) is 13.0 Å². The Morgan fingerprint density at radius 1 is 1.04 bits per heavy atom. The van der Waals surface area contributed by atoms with Crippen LogP contribution in [0.15, 0.2) is 24.3 Å². The topological polar surface area (TPSA) is 93.7 Å². The fourth-order valence-corrected chi connectivity index (χ4v) is 1.80. The van der Waals surface area contributed by atoms with Crippen LogP contribution < -0.4 is 10.6 Å². The van der Waals surface area contributed by atoms with Crippen LogP contribution in [0.1, 0.15) is 37.0 Å². The molecule has 0 saturated carbocycles. The van der Waals surface area contributed by atoms with E-state index in [4.69, 9.17) is 9.47 Å². The van der Waals surface area contributed by atoms with Gasteiger partial charge in [-0.3, -0.25) is 14.4 Å². The largest absolute Gasteiger partial charge is 0.463 e. The summed E-state index contributed by atoms with van der Waals surface area (Å²) in [4.78, 5) is 35.0. The number of amides is 2. The van der Waals surface area contributed by atoms with E-state index in [9.17, 15) is 14.4 Å². The Hall–Kier alpha value is -2.41. The summed E-state index contributed by atoms with van der Waals surface area (Å²) in [6.07, 6.45) is 0.0336. The molecule has 0 aliphatic carbocycles. The maximum Gasteiger partial charge on any atom is 0.306 e. The summed E-state index contributed by atoms with van der Waals surface area (Å²) in [7, 11) is 1.51. The minimum Gasteiger partial charge on any atom is -0.463 e. The van der Waals surface area contributed by atoms with Crippen molar-refractivity contribution in [1.82, 2.24) is 5.32 Å². The van der Waals surface area contributed by atoms with Gasteiger partial charge in [0, 0.05) is 30.8 Å². The molecule has 0 atom stereocenters. The van der Waals surface area contributed by atoms with Crippen LogP contribution in [0.25, 0.3) is 0 Å². The maximum absolute atomic E-state index is 11.8. The molecule has 0 spiro atoms. The van der Waals surface area contributed by atoms with Crippen LogP contribution in [0.2, 0.25) is 0 Å². The van der Waals surface area contributed by atoms with Gasteiger partial charge < -0.3 is 20.1 Å². The van der Waals surface area contributed by atoms with Crippen molar-refractivity contribution in [3.8, 4) is 0 Å². The van der Waals surface area contributed by atoms with E-state index in [0.29, 0.717) is 17.9 Å². The zero-order valence-electron chi connectivity index (χ0n) is 14.3. The van der Waals surface area contributed by atoms with Gasteiger partial charge in [-0.25, -0.2) is 0 Å². The number of anilines is 1. The van der Waals surface area contributed by atoms with Gasteiger partial charge >= 0.3 is 5.97 Å². The molecule has 1 aromatic carbocycles. The first kappa shape index (κ1) is 19.6. The predicted molar refractivity (Wildman–Crippen MR) is 89.7 cm³/mol. The second-order valence-electron chi connectivity index (χ2n) is 5.47. The summed E-state index contributed by atoms with van der Waals surface area (Å²) in [5.41, 5.74) is 1.08. The molecule has 0 saturated heterocycles. The number of rotatable bonds is 9. The average Bonchev–Trinajstić information content (AvgIpc) is 2.53. The first-order chi connectivity index (χ1) is 11.4. The average molecular weight is 336 g/mol. The zero-order chi connectivity index (χ0) is 17.9. The fourth-order valence-electron chi connectivity index (χ4n) is 1.80. The first-order valence-corrected chi connectivity index (χ1v) is 7.77. The standard InChI is InChI=1S/C17H24N2O5/c1-12(2)18-17(22)13-4-6-14(7-5-13)19-15(20)8-9-16(21)24-11-10-23-3/h4-7,12H,8-11H2,1-3H3,(H,18,22)(H,19,20). The number of hydrogen-bond donors (Lipinski definition) is 2. The second kappa shape index (κ2) is 10.4. The first-order valence-electron chi connectivity index (χ1n) is 7.77. The van der Waals surface area contributed by atoms with Crippen LogP contribution in [0.5, 0.6) is 0 Å². The maximum atomic E-state index is 11.8. The molecule has 0 aliphatic heterocycles. The molecule has 0 fully saturated rings. The van der Waals surface area contributed by atoms with Crippen LogP contribution in [0, 0.1) is 0 Å². The number of nitrogens with one attached hydrogen (secondary N) is 2. The molecular formula is C17H24N2O5. The lowest BCUT2D eigenvalue weighted by Crippen LogP contribution is -2.30. The van der Waals surface area contributed by atoms with Crippen molar-refractivity contribution in [2.24, 2.45) is 0 Å². The molecule has 0 unspecified atom stereocenters. The van der Waals surface area contributed by atoms with E-state index in [0.717, 1.165) is 0 Å². The molecule has 132 valence electrons. The molecule has 0 radical (unpaired) electrons. The Labute approximate surface area is 141 Å². The van der Waals surface area contributed by atoms with Gasteiger partial charge in [0.25, 0.3) is 5.91 Å². The van der Waals surface area contributed by atoms with Crippen molar-refractivity contribution < 1.29 is 23.9 Å². The van der Waals surface area contributed by atoms with E-state index in [-0.39, 0.29) is 37.3 Å². The van der Waals surface area contributed by atoms with E-state index in [2.05, 4.69) is 10.6 Å². The van der Waals surface area contributed by atoms with Gasteiger partial charge in [-0.1, -0.05) is 0 Å². The highest BCUT2D eigenvalue weighted by molar-refractivity contribution is 5.96. The number of benzene rings is 1. The van der Waals surface area contributed by atoms with Crippen LogP contribution >= 0.6 is 0 Å². The smallest absolute Gasteiger partial charge is 0.306 e. The summed E-state index contributed by atoms with van der Waals surface area (Å²) in [6.45, 7) is 4.27. The van der Waals surface area contributed by atoms with Crippen molar-refractivity contribution in [2.75, 3.05) is 25.6 Å². The molecule has 2 amide bonds. The third kappa shape index (κ3) is 7.73. The van der Waals surface area contributed by atoms with E-state index in [1.807, 2.05) is 13.8 Å². The SMILES string of the molecule is COCCOC(=O)CCC(=O)Nc1ccc(C(=O)NC(C)C)cc1. The normalized spacial score (nSPS) is 10.3. The van der Waals surface area contributed by atoms with Gasteiger partial charge in [-0.2, -0.15) is 0 Å². The molecule has 1 rings (SSSR count). The quantitative estimate of drug-likeness (QED) is 0.529. The molecule has 0 aliphatic rings. The van der Waals surface area contributed by atoms with Crippen LogP contribution in [-0.2, 0) is 19.1 Å². The predicted octanol–water partition coefficient (Wildman–Crippen LogP) is 1.73. The van der Waals surface area contributed by atoms with E-state index < -0.39 is 5.97 Å². The van der Waals surface area contributed by atoms with Gasteiger partial charge in [0.2, 0.25) is 5.91 Å². The van der Waals surface area contributed by atoms with Crippen LogP contribution in [-0.4, -0.2) is 44.1 Å². The van der Waals surface area contributed by atoms with Crippen molar-refractivity contribution in [2.45, 2.75) is 32.7 Å². The summed E-state index contributed by atoms with van der Waals surface area (Å²) < 4.78 is 9.63. The summed E-state index contributed by atoms with van der Waals surface area (Å²) in [5, 5.41) is 5.45. The molecule has 0 bridgehead atoms. The van der Waals surface area contributed by atoms with Gasteiger partial charge in [-0.05, 0) is 38.1 Å². The fraction of sp³-hybridized carbons (Fsp3) is 0.471. The molecule has 7 heteroatoms. The molecule has 7 nitrogen and oxygen atoms in total. The summed E-state index contributed by atoms with van der Waals surface area (Å²) >= 11 is 0. The number of carbonyl (C=O) groups excluding carboxylic acids is 3. The van der Waals surface area contributed by atoms with E-state index >= 15 is 0 Å². The Balaban J connectivity index is 2.39. The van der Waals surface area contributed by atoms with Crippen molar-refractivity contribution in [3.05, 3.63) is 29.8 Å². The number of methoxy groups -OCH3 is 1. The third-order valence-electron chi connectivity index (χ3n) is 2.96. The lowest BCUT2D eigenvalue weighted by atomic mass is 10.2. The lowest BCUT2D eigenvalue weighted by molar-refractivity contribution is -0.145. The van der Waals surface area contributed by atoms with Gasteiger partial charge in [0.1, 0.15) is 6.61 Å². The lowest BCUT2D eigenvalue weighted by Gasteiger charge is -2.09. The van der Waals surface area contributed by atoms with Crippen molar-refractivity contribution in [1.29, 1.82) is 0 Å². The monoisotopic (exact) mass is 336 g/mol. The summed E-state index contributed by atoms with van der Waals surface area (Å²) in [6, 6.07) is 6.60. The molecule has 0 aromatic heterocycles. The molecular weight excluding hydrogens is 312 g/mol. The molecule has 24 heavy (non-hydrogen) atoms. The van der Waals surface area contributed by atoms with Gasteiger partial charge in [0.15, 0.2) is 0 Å². The molecule has 2 N–H and O–H groups in total. The van der Waals surface area contributed by atoms with Gasteiger partial charge in [-0.15, -0.1) is 0 Å². The van der Waals surface area contributed by atoms with Crippen LogP contribution in [0.3, 0.4) is 0 Å². The molecule has 0 heterocycles. The highest BCUT2D eigenvalue weighted by Crippen LogP contribution is 2.10. The highest BCUT2D eigenvalue weighted by atomic mass is 16.6.